The van der Waals surface area contributed by atoms with Crippen molar-refractivity contribution in [3.8, 4) is 0 Å². The summed E-state index contributed by atoms with van der Waals surface area (Å²) in [6.45, 7) is 0.762. The van der Waals surface area contributed by atoms with E-state index in [1.54, 1.807) is 0 Å². The third kappa shape index (κ3) is 1.72. The maximum absolute atomic E-state index is 12.3. The molecule has 0 fully saturated rings. The topological polar surface area (TPSA) is 22.1 Å². The first-order chi connectivity index (χ1) is 6.57. The van der Waals surface area contributed by atoms with E-state index in [1.165, 1.54) is 0 Å². The van der Waals surface area contributed by atoms with Crippen LogP contribution >= 0.6 is 0 Å². The van der Waals surface area contributed by atoms with Crippen LogP contribution in [0.4, 0.5) is 13.2 Å². The van der Waals surface area contributed by atoms with Crippen LogP contribution < -0.4 is 0 Å². The Morgan fingerprint density at radius 2 is 2.14 bits per heavy atom. The van der Waals surface area contributed by atoms with Crippen molar-refractivity contribution in [2.24, 2.45) is 0 Å². The lowest BCUT2D eigenvalue weighted by Crippen LogP contribution is -2.14. The standard InChI is InChI=1S/C9H8F3NO/c10-9(11,12)7-3-6-5-14-2-1-8(6)13-4-7/h3-4H,1-2,5H2. The van der Waals surface area contributed by atoms with Gasteiger partial charge in [0.15, 0.2) is 0 Å². The van der Waals surface area contributed by atoms with Gasteiger partial charge in [0.1, 0.15) is 0 Å². The van der Waals surface area contributed by atoms with Crippen molar-refractivity contribution in [1.29, 1.82) is 0 Å². The van der Waals surface area contributed by atoms with Crippen LogP contribution in [0.2, 0.25) is 0 Å². The molecule has 1 aliphatic rings. The van der Waals surface area contributed by atoms with Gasteiger partial charge < -0.3 is 4.74 Å². The van der Waals surface area contributed by atoms with Gasteiger partial charge in [0, 0.05) is 18.3 Å². The molecule has 2 nitrogen and oxygen atoms in total. The van der Waals surface area contributed by atoms with Crippen LogP contribution in [0, 0.1) is 0 Å². The molecule has 0 aliphatic carbocycles. The van der Waals surface area contributed by atoms with E-state index >= 15 is 0 Å². The average molecular weight is 203 g/mol. The highest BCUT2D eigenvalue weighted by atomic mass is 19.4. The number of rotatable bonds is 0. The van der Waals surface area contributed by atoms with E-state index in [2.05, 4.69) is 4.98 Å². The lowest BCUT2D eigenvalue weighted by Gasteiger charge is -2.16. The fourth-order valence-electron chi connectivity index (χ4n) is 1.39. The molecule has 0 bridgehead atoms. The number of fused-ring (bicyclic) bond motifs is 1. The first-order valence-corrected chi connectivity index (χ1v) is 4.20. The molecular weight excluding hydrogens is 195 g/mol. The number of hydrogen-bond acceptors (Lipinski definition) is 2. The van der Waals surface area contributed by atoms with E-state index in [4.69, 9.17) is 4.74 Å². The molecule has 2 rings (SSSR count). The Morgan fingerprint density at radius 1 is 1.36 bits per heavy atom. The predicted molar refractivity (Wildman–Crippen MR) is 42.6 cm³/mol. The lowest BCUT2D eigenvalue weighted by molar-refractivity contribution is -0.138. The van der Waals surface area contributed by atoms with Crippen molar-refractivity contribution >= 4 is 0 Å². The van der Waals surface area contributed by atoms with Gasteiger partial charge in [-0.2, -0.15) is 13.2 Å². The molecule has 0 amide bonds. The van der Waals surface area contributed by atoms with Gasteiger partial charge >= 0.3 is 6.18 Å². The van der Waals surface area contributed by atoms with Crippen LogP contribution in [0.25, 0.3) is 0 Å². The second kappa shape index (κ2) is 3.24. The van der Waals surface area contributed by atoms with Crippen LogP contribution in [-0.4, -0.2) is 11.6 Å². The summed E-state index contributed by atoms with van der Waals surface area (Å²) in [4.78, 5) is 3.79. The third-order valence-corrected chi connectivity index (χ3v) is 2.13. The zero-order chi connectivity index (χ0) is 10.2. The quantitative estimate of drug-likeness (QED) is 0.644. The van der Waals surface area contributed by atoms with Crippen molar-refractivity contribution in [3.63, 3.8) is 0 Å². The first-order valence-electron chi connectivity index (χ1n) is 4.20. The normalized spacial score (nSPS) is 16.5. The Balaban J connectivity index is 2.39. The van der Waals surface area contributed by atoms with Gasteiger partial charge in [0.05, 0.1) is 18.8 Å². The minimum absolute atomic E-state index is 0.228. The monoisotopic (exact) mass is 203 g/mol. The van der Waals surface area contributed by atoms with Crippen molar-refractivity contribution in [1.82, 2.24) is 4.98 Å². The van der Waals surface area contributed by atoms with Gasteiger partial charge in [0.2, 0.25) is 0 Å². The van der Waals surface area contributed by atoms with Crippen LogP contribution in [0.15, 0.2) is 12.3 Å². The number of nitrogens with zero attached hydrogens (tertiary/aromatic N) is 1. The molecule has 0 N–H and O–H groups in total. The molecule has 1 aromatic rings. The summed E-state index contributed by atoms with van der Waals surface area (Å²) < 4.78 is 41.9. The van der Waals surface area contributed by atoms with Gasteiger partial charge in [-0.05, 0) is 11.6 Å². The molecule has 2 heterocycles. The number of hydrogen-bond donors (Lipinski definition) is 0. The summed E-state index contributed by atoms with van der Waals surface area (Å²) in [5.41, 5.74) is 0.553. The fraction of sp³-hybridized carbons (Fsp3) is 0.444. The Bertz CT molecular complexity index is 348. The highest BCUT2D eigenvalue weighted by Gasteiger charge is 2.31. The minimum Gasteiger partial charge on any atom is -0.376 e. The molecule has 0 atom stereocenters. The molecule has 1 aliphatic heterocycles. The molecule has 1 aromatic heterocycles. The molecule has 0 radical (unpaired) electrons. The number of pyridine rings is 1. The molecular formula is C9H8F3NO. The van der Waals surface area contributed by atoms with E-state index in [0.717, 1.165) is 12.3 Å². The van der Waals surface area contributed by atoms with Crippen LogP contribution in [0.5, 0.6) is 0 Å². The maximum atomic E-state index is 12.3. The molecule has 0 aromatic carbocycles. The molecule has 0 spiro atoms. The average Bonchev–Trinajstić information content (AvgIpc) is 2.16. The molecule has 0 saturated carbocycles. The Morgan fingerprint density at radius 3 is 2.86 bits per heavy atom. The van der Waals surface area contributed by atoms with Crippen LogP contribution in [-0.2, 0) is 23.9 Å². The summed E-state index contributed by atoms with van der Waals surface area (Å²) in [5.74, 6) is 0. The van der Waals surface area contributed by atoms with Crippen molar-refractivity contribution in [2.45, 2.75) is 19.2 Å². The smallest absolute Gasteiger partial charge is 0.376 e. The molecule has 14 heavy (non-hydrogen) atoms. The number of halogens is 3. The molecule has 5 heteroatoms. The highest BCUT2D eigenvalue weighted by Crippen LogP contribution is 2.30. The van der Waals surface area contributed by atoms with Crippen LogP contribution in [0.1, 0.15) is 16.8 Å². The summed E-state index contributed by atoms with van der Waals surface area (Å²) >= 11 is 0. The Kier molecular flexibility index (Phi) is 2.19. The van der Waals surface area contributed by atoms with E-state index in [1.807, 2.05) is 0 Å². The maximum Gasteiger partial charge on any atom is 0.417 e. The fourth-order valence-corrected chi connectivity index (χ4v) is 1.39. The number of aromatic nitrogens is 1. The van der Waals surface area contributed by atoms with Gasteiger partial charge in [-0.25, -0.2) is 0 Å². The van der Waals surface area contributed by atoms with Crippen LogP contribution in [0.3, 0.4) is 0 Å². The Labute approximate surface area is 78.7 Å². The first kappa shape index (κ1) is 9.45. The zero-order valence-electron chi connectivity index (χ0n) is 7.27. The largest absolute Gasteiger partial charge is 0.417 e. The molecule has 0 saturated heterocycles. The highest BCUT2D eigenvalue weighted by molar-refractivity contribution is 5.27. The van der Waals surface area contributed by atoms with E-state index in [-0.39, 0.29) is 6.61 Å². The molecule has 0 unspecified atom stereocenters. The van der Waals surface area contributed by atoms with Gasteiger partial charge in [-0.3, -0.25) is 4.98 Å². The van der Waals surface area contributed by atoms with Gasteiger partial charge in [0.25, 0.3) is 0 Å². The van der Waals surface area contributed by atoms with Crippen molar-refractivity contribution in [2.75, 3.05) is 6.61 Å². The SMILES string of the molecule is FC(F)(F)c1cnc2c(c1)COCC2. The summed E-state index contributed by atoms with van der Waals surface area (Å²) in [6.07, 6.45) is -2.85. The van der Waals surface area contributed by atoms with E-state index < -0.39 is 11.7 Å². The van der Waals surface area contributed by atoms with Gasteiger partial charge in [-0.1, -0.05) is 0 Å². The second-order valence-corrected chi connectivity index (χ2v) is 3.13. The van der Waals surface area contributed by atoms with Gasteiger partial charge in [-0.15, -0.1) is 0 Å². The molecule has 76 valence electrons. The van der Waals surface area contributed by atoms with E-state index in [0.29, 0.717) is 24.3 Å². The number of alkyl halides is 3. The summed E-state index contributed by atoms with van der Waals surface area (Å²) in [7, 11) is 0. The lowest BCUT2D eigenvalue weighted by atomic mass is 10.1. The zero-order valence-corrected chi connectivity index (χ0v) is 7.27. The summed E-state index contributed by atoms with van der Waals surface area (Å²) in [6, 6.07) is 1.11. The minimum atomic E-state index is -4.32. The number of ether oxygens (including phenoxy) is 1. The third-order valence-electron chi connectivity index (χ3n) is 2.13. The predicted octanol–water partition coefficient (Wildman–Crippen LogP) is 2.17. The van der Waals surface area contributed by atoms with E-state index in [9.17, 15) is 13.2 Å². The van der Waals surface area contributed by atoms with Crippen molar-refractivity contribution in [3.05, 3.63) is 29.1 Å². The summed E-state index contributed by atoms with van der Waals surface area (Å²) in [5, 5.41) is 0. The second-order valence-electron chi connectivity index (χ2n) is 3.13. The Hall–Kier alpha value is -1.10. The van der Waals surface area contributed by atoms with Crippen molar-refractivity contribution < 1.29 is 17.9 Å².